The Labute approximate surface area is 98.7 Å². The predicted molar refractivity (Wildman–Crippen MR) is 62.5 cm³/mol. The molecule has 1 aromatic rings. The molecular formula is C10H14BrNO3. The van der Waals surface area contributed by atoms with Crippen LogP contribution in [-0.2, 0) is 11.2 Å². The molecule has 0 radical (unpaired) electrons. The normalized spacial score (nSPS) is 9.13. The van der Waals surface area contributed by atoms with Crippen molar-refractivity contribution in [1.82, 2.24) is 5.32 Å². The molecule has 84 valence electrons. The Morgan fingerprint density at radius 2 is 2.00 bits per heavy atom. The van der Waals surface area contributed by atoms with E-state index in [2.05, 4.69) is 5.32 Å². The second-order valence-corrected chi connectivity index (χ2v) is 3.06. The van der Waals surface area contributed by atoms with E-state index in [1.165, 1.54) is 19.1 Å². The predicted octanol–water partition coefficient (Wildman–Crippen LogP) is 1.35. The van der Waals surface area contributed by atoms with Crippen LogP contribution in [0.4, 0.5) is 0 Å². The third kappa shape index (κ3) is 4.69. The number of aromatic hydroxyl groups is 2. The van der Waals surface area contributed by atoms with E-state index >= 15 is 0 Å². The second-order valence-electron chi connectivity index (χ2n) is 3.06. The van der Waals surface area contributed by atoms with Crippen molar-refractivity contribution in [3.05, 3.63) is 23.8 Å². The van der Waals surface area contributed by atoms with Gasteiger partial charge in [-0.05, 0) is 24.1 Å². The van der Waals surface area contributed by atoms with Crippen molar-refractivity contribution in [3.63, 3.8) is 0 Å². The Bertz CT molecular complexity index is 341. The molecule has 0 bridgehead atoms. The van der Waals surface area contributed by atoms with Gasteiger partial charge in [-0.15, -0.1) is 17.0 Å². The number of phenols is 2. The number of carbonyl (C=O) groups excluding carboxylic acids is 1. The van der Waals surface area contributed by atoms with E-state index in [0.717, 1.165) is 5.56 Å². The fourth-order valence-electron chi connectivity index (χ4n) is 1.11. The highest BCUT2D eigenvalue weighted by atomic mass is 79.9. The summed E-state index contributed by atoms with van der Waals surface area (Å²) < 4.78 is 0. The minimum Gasteiger partial charge on any atom is -0.504 e. The van der Waals surface area contributed by atoms with Gasteiger partial charge in [-0.1, -0.05) is 6.07 Å². The fraction of sp³-hybridized carbons (Fsp3) is 0.300. The van der Waals surface area contributed by atoms with Gasteiger partial charge in [0.05, 0.1) is 0 Å². The van der Waals surface area contributed by atoms with E-state index < -0.39 is 0 Å². The largest absolute Gasteiger partial charge is 0.504 e. The van der Waals surface area contributed by atoms with Crippen LogP contribution < -0.4 is 5.32 Å². The van der Waals surface area contributed by atoms with E-state index in [0.29, 0.717) is 13.0 Å². The zero-order valence-corrected chi connectivity index (χ0v) is 10.1. The first-order chi connectivity index (χ1) is 6.59. The van der Waals surface area contributed by atoms with E-state index in [9.17, 15) is 9.90 Å². The van der Waals surface area contributed by atoms with Crippen molar-refractivity contribution in [2.75, 3.05) is 6.54 Å². The first-order valence-corrected chi connectivity index (χ1v) is 4.35. The number of hydrogen-bond acceptors (Lipinski definition) is 3. The fourth-order valence-corrected chi connectivity index (χ4v) is 1.11. The van der Waals surface area contributed by atoms with E-state index in [4.69, 9.17) is 5.11 Å². The van der Waals surface area contributed by atoms with Gasteiger partial charge in [-0.3, -0.25) is 4.79 Å². The number of benzene rings is 1. The van der Waals surface area contributed by atoms with E-state index in [-0.39, 0.29) is 34.4 Å². The summed E-state index contributed by atoms with van der Waals surface area (Å²) in [6, 6.07) is 4.62. The number of hydrogen-bond donors (Lipinski definition) is 3. The molecule has 0 aliphatic carbocycles. The molecule has 1 amide bonds. The van der Waals surface area contributed by atoms with Gasteiger partial charge in [0.15, 0.2) is 11.5 Å². The van der Waals surface area contributed by atoms with Gasteiger partial charge < -0.3 is 15.5 Å². The summed E-state index contributed by atoms with van der Waals surface area (Å²) in [5.74, 6) is -0.341. The van der Waals surface area contributed by atoms with Crippen molar-refractivity contribution < 1.29 is 15.0 Å². The molecule has 0 aromatic heterocycles. The molecule has 5 heteroatoms. The van der Waals surface area contributed by atoms with E-state index in [1.807, 2.05) is 0 Å². The zero-order valence-electron chi connectivity index (χ0n) is 8.36. The molecule has 0 saturated heterocycles. The van der Waals surface area contributed by atoms with Crippen LogP contribution in [0.15, 0.2) is 18.2 Å². The lowest BCUT2D eigenvalue weighted by atomic mass is 10.1. The zero-order chi connectivity index (χ0) is 10.6. The van der Waals surface area contributed by atoms with Crippen LogP contribution in [0, 0.1) is 0 Å². The molecule has 0 heterocycles. The van der Waals surface area contributed by atoms with Crippen LogP contribution in [0.2, 0.25) is 0 Å². The Morgan fingerprint density at radius 3 is 2.53 bits per heavy atom. The number of carbonyl (C=O) groups is 1. The minimum atomic E-state index is -0.134. The number of phenolic OH excluding ortho intramolecular Hbond substituents is 2. The lowest BCUT2D eigenvalue weighted by Crippen LogP contribution is -2.22. The quantitative estimate of drug-likeness (QED) is 0.730. The summed E-state index contributed by atoms with van der Waals surface area (Å²) >= 11 is 0. The highest BCUT2D eigenvalue weighted by molar-refractivity contribution is 8.93. The number of amides is 1. The van der Waals surface area contributed by atoms with E-state index in [1.54, 1.807) is 6.07 Å². The molecule has 4 nitrogen and oxygen atoms in total. The van der Waals surface area contributed by atoms with Gasteiger partial charge in [-0.25, -0.2) is 0 Å². The SMILES string of the molecule is Br.CC(=O)NCCc1ccc(O)c(O)c1. The number of rotatable bonds is 3. The molecule has 0 saturated carbocycles. The van der Waals surface area contributed by atoms with Gasteiger partial charge in [0.2, 0.25) is 5.91 Å². The number of nitrogens with one attached hydrogen (secondary N) is 1. The smallest absolute Gasteiger partial charge is 0.216 e. The average Bonchev–Trinajstić information content (AvgIpc) is 2.10. The van der Waals surface area contributed by atoms with Crippen molar-refractivity contribution >= 4 is 22.9 Å². The van der Waals surface area contributed by atoms with Crippen molar-refractivity contribution in [3.8, 4) is 11.5 Å². The van der Waals surface area contributed by atoms with Crippen molar-refractivity contribution in [1.29, 1.82) is 0 Å². The maximum absolute atomic E-state index is 10.6. The Hall–Kier alpha value is -1.23. The van der Waals surface area contributed by atoms with Crippen LogP contribution in [0.3, 0.4) is 0 Å². The third-order valence-corrected chi connectivity index (χ3v) is 1.83. The van der Waals surface area contributed by atoms with Crippen LogP contribution in [-0.4, -0.2) is 22.7 Å². The molecule has 0 atom stereocenters. The molecular weight excluding hydrogens is 262 g/mol. The first-order valence-electron chi connectivity index (χ1n) is 4.35. The van der Waals surface area contributed by atoms with Gasteiger partial charge in [0, 0.05) is 13.5 Å². The summed E-state index contributed by atoms with van der Waals surface area (Å²) in [7, 11) is 0. The van der Waals surface area contributed by atoms with Crippen LogP contribution >= 0.6 is 17.0 Å². The first kappa shape index (κ1) is 13.8. The molecule has 0 aliphatic heterocycles. The number of halogens is 1. The average molecular weight is 276 g/mol. The molecule has 1 rings (SSSR count). The second kappa shape index (κ2) is 6.29. The molecule has 3 N–H and O–H groups in total. The van der Waals surface area contributed by atoms with Crippen LogP contribution in [0.5, 0.6) is 11.5 Å². The lowest BCUT2D eigenvalue weighted by Gasteiger charge is -2.04. The summed E-state index contributed by atoms with van der Waals surface area (Å²) in [4.78, 5) is 10.6. The molecule has 0 spiro atoms. The van der Waals surface area contributed by atoms with Crippen LogP contribution in [0.1, 0.15) is 12.5 Å². The summed E-state index contributed by atoms with van der Waals surface area (Å²) in [5.41, 5.74) is 0.869. The Kier molecular flexibility index (Phi) is 5.77. The van der Waals surface area contributed by atoms with Crippen molar-refractivity contribution in [2.24, 2.45) is 0 Å². The van der Waals surface area contributed by atoms with Gasteiger partial charge in [0.1, 0.15) is 0 Å². The monoisotopic (exact) mass is 275 g/mol. The molecule has 0 fully saturated rings. The Balaban J connectivity index is 0.00000196. The summed E-state index contributed by atoms with van der Waals surface area (Å²) in [6.45, 7) is 1.98. The maximum atomic E-state index is 10.6. The Morgan fingerprint density at radius 1 is 1.33 bits per heavy atom. The highest BCUT2D eigenvalue weighted by Gasteiger charge is 2.00. The van der Waals surface area contributed by atoms with Crippen LogP contribution in [0.25, 0.3) is 0 Å². The molecule has 1 aromatic carbocycles. The third-order valence-electron chi connectivity index (χ3n) is 1.83. The highest BCUT2D eigenvalue weighted by Crippen LogP contribution is 2.24. The molecule has 15 heavy (non-hydrogen) atoms. The van der Waals surface area contributed by atoms with Gasteiger partial charge >= 0.3 is 0 Å². The summed E-state index contributed by atoms with van der Waals surface area (Å²) in [5, 5.41) is 20.9. The topological polar surface area (TPSA) is 69.6 Å². The van der Waals surface area contributed by atoms with Gasteiger partial charge in [-0.2, -0.15) is 0 Å². The lowest BCUT2D eigenvalue weighted by molar-refractivity contribution is -0.118. The minimum absolute atomic E-state index is 0. The van der Waals surface area contributed by atoms with Crippen molar-refractivity contribution in [2.45, 2.75) is 13.3 Å². The molecule has 0 unspecified atom stereocenters. The molecule has 0 aliphatic rings. The summed E-state index contributed by atoms with van der Waals surface area (Å²) in [6.07, 6.45) is 0.632. The standard InChI is InChI=1S/C10H13NO3.BrH/c1-7(12)11-5-4-8-2-3-9(13)10(14)6-8;/h2-3,6,13-14H,4-5H2,1H3,(H,11,12);1H. The van der Waals surface area contributed by atoms with Gasteiger partial charge in [0.25, 0.3) is 0 Å². The maximum Gasteiger partial charge on any atom is 0.216 e.